The summed E-state index contributed by atoms with van der Waals surface area (Å²) in [4.78, 5) is 4.60. The molecule has 0 N–H and O–H groups in total. The molecule has 0 atom stereocenters. The lowest BCUT2D eigenvalue weighted by Gasteiger charge is -2.45. The SMILES string of the molecule is [2H]c1c([2H])c([2H])c2c(c1[2H])c1c([2H])c([2H])c([2H])c([2H])c1n2-c1ccc2c(c1)N(c1ccccc1-c1ccc3c(c1)C1(c4ccccc4-c4ccccc41)c1ccccc1-3)c1cc(-c3ccc4oc5ccccc5c4c3)cc3c1B2c1ccc(-n2c4c([2H])c([2H])c([2H])c([2H])c4c4c([2H])c([2H])c([2H])c([2H])c42)cc1N3c1ccccc1-c1ccc2c(c1)C1(c3ccccc3-c3ccccc31)c1ccccc1-2. The minimum absolute atomic E-state index is 0.0634. The van der Waals surface area contributed by atoms with Crippen LogP contribution in [0.3, 0.4) is 0 Å². The fourth-order valence-electron chi connectivity index (χ4n) is 22.5. The van der Waals surface area contributed by atoms with Gasteiger partial charge in [0.2, 0.25) is 0 Å². The molecule has 2 aliphatic heterocycles. The van der Waals surface area contributed by atoms with E-state index in [1.165, 1.54) is 33.4 Å². The molecule has 0 amide bonds. The first-order valence-corrected chi connectivity index (χ1v) is 41.2. The molecule has 3 aromatic heterocycles. The minimum Gasteiger partial charge on any atom is -0.456 e. The highest BCUT2D eigenvalue weighted by molar-refractivity contribution is 7.00. The zero-order valence-electron chi connectivity index (χ0n) is 80.9. The zero-order valence-corrected chi connectivity index (χ0v) is 64.9. The summed E-state index contributed by atoms with van der Waals surface area (Å²) < 4.78 is 163. The second kappa shape index (κ2) is 24.5. The van der Waals surface area contributed by atoms with E-state index >= 15 is 0 Å². The number of hydrogen-bond acceptors (Lipinski definition) is 3. The van der Waals surface area contributed by atoms with Crippen molar-refractivity contribution in [3.05, 3.63) is 463 Å². The van der Waals surface area contributed by atoms with Crippen molar-refractivity contribution in [2.45, 2.75) is 10.8 Å². The highest BCUT2D eigenvalue weighted by Gasteiger charge is 2.54. The molecule has 19 aromatic carbocycles. The van der Waals surface area contributed by atoms with Gasteiger partial charge in [0.15, 0.2) is 0 Å². The molecule has 4 aliphatic carbocycles. The van der Waals surface area contributed by atoms with Gasteiger partial charge in [-0.25, -0.2) is 0 Å². The molecule has 0 saturated heterocycles. The van der Waals surface area contributed by atoms with E-state index in [0.717, 1.165) is 116 Å². The van der Waals surface area contributed by atoms with Crippen molar-refractivity contribution >= 4 is 123 Å². The van der Waals surface area contributed by atoms with Crippen molar-refractivity contribution in [1.29, 1.82) is 0 Å². The molecule has 2 spiro atoms. The summed E-state index contributed by atoms with van der Waals surface area (Å²) in [5.74, 6) is 0. The van der Waals surface area contributed by atoms with Crippen molar-refractivity contribution in [2.75, 3.05) is 9.80 Å². The quantitative estimate of drug-likeness (QED) is 0.149. The molecule has 5 nitrogen and oxygen atoms in total. The van der Waals surface area contributed by atoms with Crippen molar-refractivity contribution < 1.29 is 26.3 Å². The third-order valence-electron chi connectivity index (χ3n) is 27.2. The summed E-state index contributed by atoms with van der Waals surface area (Å²) in [6.45, 7) is -0.813. The first kappa shape index (κ1) is 52.8. The van der Waals surface area contributed by atoms with Crippen LogP contribution in [-0.2, 0) is 10.8 Å². The van der Waals surface area contributed by atoms with Crippen LogP contribution < -0.4 is 26.2 Å². The van der Waals surface area contributed by atoms with Crippen LogP contribution in [0.15, 0.2) is 423 Å². The van der Waals surface area contributed by atoms with Crippen LogP contribution in [0.4, 0.5) is 34.1 Å². The van der Waals surface area contributed by atoms with E-state index in [9.17, 15) is 21.9 Å². The largest absolute Gasteiger partial charge is 0.456 e. The molecule has 6 aliphatic rings. The van der Waals surface area contributed by atoms with Crippen molar-refractivity contribution in [3.63, 3.8) is 0 Å². The van der Waals surface area contributed by atoms with Gasteiger partial charge < -0.3 is 23.4 Å². The number of furan rings is 1. The molecule has 562 valence electrons. The van der Waals surface area contributed by atoms with Crippen LogP contribution in [-0.4, -0.2) is 15.8 Å². The van der Waals surface area contributed by atoms with Gasteiger partial charge in [0.1, 0.15) is 11.2 Å². The topological polar surface area (TPSA) is 29.5 Å². The Balaban J connectivity index is 0.775. The van der Waals surface area contributed by atoms with Crippen LogP contribution in [0.1, 0.15) is 66.4 Å². The van der Waals surface area contributed by atoms with Crippen LogP contribution >= 0.6 is 0 Å². The maximum absolute atomic E-state index is 10.0. The van der Waals surface area contributed by atoms with Crippen LogP contribution in [0.25, 0.3) is 155 Å². The molecule has 28 rings (SSSR count). The van der Waals surface area contributed by atoms with E-state index in [-0.39, 0.29) is 43.6 Å². The summed E-state index contributed by atoms with van der Waals surface area (Å²) in [6.07, 6.45) is 0. The molecule has 6 heteroatoms. The highest BCUT2D eigenvalue weighted by atomic mass is 16.3. The van der Waals surface area contributed by atoms with Crippen molar-refractivity contribution in [2.24, 2.45) is 0 Å². The summed E-state index contributed by atoms with van der Waals surface area (Å²) in [5, 5.41) is 1.42. The summed E-state index contributed by atoms with van der Waals surface area (Å²) in [6, 6.07) is 105. The van der Waals surface area contributed by atoms with Crippen LogP contribution in [0.5, 0.6) is 0 Å². The number of rotatable bonds is 7. The average Bonchev–Trinajstić information content (AvgIpc) is 1.55. The van der Waals surface area contributed by atoms with Crippen LogP contribution in [0, 0.1) is 0 Å². The fourth-order valence-corrected chi connectivity index (χ4v) is 22.5. The highest BCUT2D eigenvalue weighted by Crippen LogP contribution is 2.66. The zero-order chi connectivity index (χ0) is 93.3. The number of aromatic nitrogens is 2. The molecular formula is C116H69BN4O. The first-order valence-electron chi connectivity index (χ1n) is 49.2. The average molecular weight is 1560 g/mol. The Hall–Kier alpha value is -15.8. The molecular weight excluding hydrogens is 1480 g/mol. The Bertz CT molecular complexity index is 8700. The Labute approximate surface area is 727 Å². The molecule has 5 heterocycles. The van der Waals surface area contributed by atoms with E-state index in [4.69, 9.17) is 4.42 Å². The maximum Gasteiger partial charge on any atom is 0.252 e. The second-order valence-corrected chi connectivity index (χ2v) is 32.7. The predicted octanol–water partition coefficient (Wildman–Crippen LogP) is 27.6. The van der Waals surface area contributed by atoms with Crippen molar-refractivity contribution in [1.82, 2.24) is 9.13 Å². The molecule has 22 aromatic rings. The first-order chi connectivity index (χ1) is 67.2. The van der Waals surface area contributed by atoms with E-state index in [1.807, 2.05) is 72.8 Å². The molecule has 0 bridgehead atoms. The van der Waals surface area contributed by atoms with Gasteiger partial charge in [-0.15, -0.1) is 0 Å². The fraction of sp³-hybridized carbons (Fsp3) is 0.0172. The lowest BCUT2D eigenvalue weighted by molar-refractivity contribution is 0.669. The predicted molar refractivity (Wildman–Crippen MR) is 505 cm³/mol. The Morgan fingerprint density at radius 3 is 0.975 bits per heavy atom. The summed E-state index contributed by atoms with van der Waals surface area (Å²) in [7, 11) is 0. The smallest absolute Gasteiger partial charge is 0.252 e. The molecule has 122 heavy (non-hydrogen) atoms. The summed E-state index contributed by atoms with van der Waals surface area (Å²) in [5.41, 5.74) is 29.6. The molecule has 0 fully saturated rings. The number of fused-ring (bicyclic) bond motifs is 33. The number of anilines is 6. The summed E-state index contributed by atoms with van der Waals surface area (Å²) >= 11 is 0. The lowest BCUT2D eigenvalue weighted by atomic mass is 9.33. The van der Waals surface area contributed by atoms with Gasteiger partial charge in [-0.3, -0.25) is 0 Å². The van der Waals surface area contributed by atoms with E-state index in [2.05, 4.69) is 259 Å². The number of para-hydroxylation sites is 7. The normalized spacial score (nSPS) is 15.8. The van der Waals surface area contributed by atoms with E-state index < -0.39 is 114 Å². The van der Waals surface area contributed by atoms with E-state index in [0.29, 0.717) is 56.7 Å². The van der Waals surface area contributed by atoms with E-state index in [1.54, 1.807) is 9.13 Å². The van der Waals surface area contributed by atoms with Gasteiger partial charge in [-0.1, -0.05) is 315 Å². The monoisotopic (exact) mass is 1560 g/mol. The number of hydrogen-bond donors (Lipinski definition) is 0. The Morgan fingerprint density at radius 2 is 0.566 bits per heavy atom. The number of nitrogens with zero attached hydrogens (tertiary/aromatic N) is 4. The Kier molecular flexibility index (Phi) is 10.6. The third-order valence-corrected chi connectivity index (χ3v) is 27.2. The molecule has 0 unspecified atom stereocenters. The lowest BCUT2D eigenvalue weighted by Crippen LogP contribution is -2.61. The van der Waals surface area contributed by atoms with Crippen molar-refractivity contribution in [3.8, 4) is 89.3 Å². The van der Waals surface area contributed by atoms with Gasteiger partial charge in [-0.05, 0) is 231 Å². The second-order valence-electron chi connectivity index (χ2n) is 32.7. The van der Waals surface area contributed by atoms with Gasteiger partial charge >= 0.3 is 0 Å². The Morgan fingerprint density at radius 1 is 0.230 bits per heavy atom. The van der Waals surface area contributed by atoms with Gasteiger partial charge in [-0.2, -0.15) is 0 Å². The minimum atomic E-state index is -0.813. The van der Waals surface area contributed by atoms with Gasteiger partial charge in [0, 0.05) is 77.6 Å². The third kappa shape index (κ3) is 8.56. The van der Waals surface area contributed by atoms with Gasteiger partial charge in [0.25, 0.3) is 6.71 Å². The van der Waals surface area contributed by atoms with Crippen LogP contribution in [0.2, 0.25) is 0 Å². The number of benzene rings is 19. The molecule has 0 radical (unpaired) electrons. The van der Waals surface area contributed by atoms with Gasteiger partial charge in [0.05, 0.1) is 66.2 Å². The molecule has 0 saturated carbocycles. The standard InChI is InChI=1S/C116H69BN4O/c1-14-40-92-78(29-1)79-30-2-15-41-93(79)115(92)96-44-18-5-33-82(96)84-58-53-71(64-98(84)115)76-27-7-20-46-102(76)120-108-68-74(118-104-48-22-9-35-86(104)87-36-10-23-49-105(87)118)56-60-100(108)117-101-61-57-75(119-106-50-24-11-37-88(106)89-38-12-25-51-107(89)119)69-109(101)121(111-67-73(66-110(120)114(111)117)70-55-62-113-91(63-70)90-39-13-26-52-112(90)122-113)103-47-21-8-28-77(103)72-54-59-85-83-34-6-19-45-97(83)116(99(85)65-72)94-42-16-3-31-80(94)81-32-4-17-43-95(81)116/h1-69H/i9D,10D,11D,12D,22D,23D,24D,25D,35D,36D,37D,38D,48D,49D,50D,51D. The maximum atomic E-state index is 10.0.